The van der Waals surface area contributed by atoms with Gasteiger partial charge in [-0.05, 0) is 37.1 Å². The maximum atomic E-state index is 12.9. The number of nitrogens with one attached hydrogen (secondary N) is 1. The van der Waals surface area contributed by atoms with Gasteiger partial charge >= 0.3 is 0 Å². The van der Waals surface area contributed by atoms with E-state index in [9.17, 15) is 13.5 Å². The molecule has 136 valence electrons. The van der Waals surface area contributed by atoms with Gasteiger partial charge in [0.25, 0.3) is 0 Å². The molecule has 26 heavy (non-hydrogen) atoms. The molecule has 1 aromatic heterocycles. The van der Waals surface area contributed by atoms with Gasteiger partial charge in [0.05, 0.1) is 15.7 Å². The maximum Gasteiger partial charge on any atom is 0.198 e. The fraction of sp³-hybridized carbons (Fsp3) is 0.211. The van der Waals surface area contributed by atoms with E-state index < -0.39 is 20.7 Å². The summed E-state index contributed by atoms with van der Waals surface area (Å²) < 4.78 is 25.7. The van der Waals surface area contributed by atoms with Crippen molar-refractivity contribution in [3.63, 3.8) is 0 Å². The molecule has 3 aromatic rings. The van der Waals surface area contributed by atoms with Crippen molar-refractivity contribution in [2.75, 3.05) is 5.73 Å². The average molecular weight is 371 g/mol. The first-order valence-corrected chi connectivity index (χ1v) is 9.70. The van der Waals surface area contributed by atoms with Gasteiger partial charge in [-0.2, -0.15) is 0 Å². The molecular formula is C19H21N3O3S. The summed E-state index contributed by atoms with van der Waals surface area (Å²) >= 11 is 0. The first-order valence-electron chi connectivity index (χ1n) is 8.15. The van der Waals surface area contributed by atoms with Gasteiger partial charge in [-0.1, -0.05) is 43.0 Å². The predicted octanol–water partition coefficient (Wildman–Crippen LogP) is 2.75. The molecule has 3 rings (SSSR count). The van der Waals surface area contributed by atoms with Crippen molar-refractivity contribution >= 4 is 26.8 Å². The minimum Gasteiger partial charge on any atom is -0.377 e. The Hall–Kier alpha value is -2.64. The monoisotopic (exact) mass is 371 g/mol. The van der Waals surface area contributed by atoms with Crippen LogP contribution in [0.2, 0.25) is 0 Å². The second-order valence-electron chi connectivity index (χ2n) is 6.42. The lowest BCUT2D eigenvalue weighted by atomic mass is 9.86. The fourth-order valence-electron chi connectivity index (χ4n) is 2.89. The number of imidazole rings is 1. The maximum absolute atomic E-state index is 12.9. The molecule has 1 atom stereocenters. The van der Waals surface area contributed by atoms with Crippen molar-refractivity contribution in [3.8, 4) is 0 Å². The highest BCUT2D eigenvalue weighted by Gasteiger charge is 2.32. The normalized spacial score (nSPS) is 14.5. The molecule has 7 heteroatoms. The van der Waals surface area contributed by atoms with Gasteiger partial charge in [-0.15, -0.1) is 0 Å². The van der Waals surface area contributed by atoms with Crippen LogP contribution < -0.4 is 5.73 Å². The largest absolute Gasteiger partial charge is 0.377 e. The third-order valence-electron chi connectivity index (χ3n) is 4.45. The van der Waals surface area contributed by atoms with E-state index in [2.05, 4.69) is 16.5 Å². The van der Waals surface area contributed by atoms with Crippen LogP contribution in [-0.4, -0.2) is 28.7 Å². The number of H-pyrrole nitrogens is 1. The summed E-state index contributed by atoms with van der Waals surface area (Å²) in [6, 6.07) is 12.0. The summed E-state index contributed by atoms with van der Waals surface area (Å²) in [6.07, 6.45) is 1.38. The molecule has 0 aliphatic carbocycles. The molecule has 0 aliphatic rings. The average Bonchev–Trinajstić information content (AvgIpc) is 3.00. The first-order chi connectivity index (χ1) is 12.2. The SMILES string of the molecule is C=CC(O)(c1ccccc1)c1cc(S(=O)(=O)C(C)C)c2nc(N)[nH]c2c1. The summed E-state index contributed by atoms with van der Waals surface area (Å²) in [4.78, 5) is 7.01. The molecule has 0 radical (unpaired) electrons. The molecule has 0 saturated carbocycles. The summed E-state index contributed by atoms with van der Waals surface area (Å²) in [6.45, 7) is 6.94. The van der Waals surface area contributed by atoms with E-state index in [4.69, 9.17) is 5.73 Å². The third-order valence-corrected chi connectivity index (χ3v) is 6.61. The van der Waals surface area contributed by atoms with Crippen molar-refractivity contribution in [1.29, 1.82) is 0 Å². The Balaban J connectivity index is 2.36. The van der Waals surface area contributed by atoms with Crippen LogP contribution in [-0.2, 0) is 15.4 Å². The smallest absolute Gasteiger partial charge is 0.198 e. The highest BCUT2D eigenvalue weighted by molar-refractivity contribution is 7.92. The number of benzene rings is 2. The molecule has 0 fully saturated rings. The number of aromatic amines is 1. The zero-order valence-electron chi connectivity index (χ0n) is 14.6. The molecule has 2 aromatic carbocycles. The van der Waals surface area contributed by atoms with Gasteiger partial charge in [0.15, 0.2) is 15.8 Å². The second-order valence-corrected chi connectivity index (χ2v) is 8.90. The van der Waals surface area contributed by atoms with Crippen LogP contribution in [0.25, 0.3) is 11.0 Å². The van der Waals surface area contributed by atoms with Crippen molar-refractivity contribution < 1.29 is 13.5 Å². The summed E-state index contributed by atoms with van der Waals surface area (Å²) in [5.41, 5.74) is 5.83. The van der Waals surface area contributed by atoms with Gasteiger partial charge in [0.1, 0.15) is 11.1 Å². The molecule has 0 saturated heterocycles. The number of nitrogens with zero attached hydrogens (tertiary/aromatic N) is 1. The molecular weight excluding hydrogens is 350 g/mol. The second kappa shape index (κ2) is 6.26. The predicted molar refractivity (Wildman–Crippen MR) is 102 cm³/mol. The summed E-state index contributed by atoms with van der Waals surface area (Å²) in [5.74, 6) is 0.110. The zero-order valence-corrected chi connectivity index (χ0v) is 15.4. The number of hydrogen-bond acceptors (Lipinski definition) is 5. The van der Waals surface area contributed by atoms with Crippen LogP contribution in [0.1, 0.15) is 25.0 Å². The summed E-state index contributed by atoms with van der Waals surface area (Å²) in [5, 5.41) is 10.6. The minimum absolute atomic E-state index is 0.0316. The highest BCUT2D eigenvalue weighted by Crippen LogP contribution is 2.36. The Morgan fingerprint density at radius 1 is 1.23 bits per heavy atom. The van der Waals surface area contributed by atoms with Gasteiger partial charge in [0, 0.05) is 0 Å². The van der Waals surface area contributed by atoms with Crippen LogP contribution >= 0.6 is 0 Å². The van der Waals surface area contributed by atoms with Crippen LogP contribution in [0, 0.1) is 0 Å². The van der Waals surface area contributed by atoms with E-state index in [1.165, 1.54) is 12.1 Å². The number of hydrogen-bond donors (Lipinski definition) is 3. The first kappa shape index (κ1) is 18.2. The van der Waals surface area contributed by atoms with E-state index in [1.54, 1.807) is 44.2 Å². The minimum atomic E-state index is -3.65. The number of nitrogens with two attached hydrogens (primary N) is 1. The lowest BCUT2D eigenvalue weighted by Gasteiger charge is -2.26. The molecule has 6 nitrogen and oxygen atoms in total. The standard InChI is InChI=1S/C19H21N3O3S/c1-4-19(23,13-8-6-5-7-9-13)14-10-15-17(22-18(20)21-15)16(11-14)26(24,25)12(2)3/h4-12,23H,1H2,2-3H3,(H3,20,21,22). The number of aromatic nitrogens is 2. The van der Waals surface area contributed by atoms with Crippen molar-refractivity contribution in [2.45, 2.75) is 29.6 Å². The molecule has 1 unspecified atom stereocenters. The summed E-state index contributed by atoms with van der Waals surface area (Å²) in [7, 11) is -3.65. The van der Waals surface area contributed by atoms with E-state index in [0.29, 0.717) is 16.6 Å². The van der Waals surface area contributed by atoms with Crippen LogP contribution in [0.5, 0.6) is 0 Å². The number of rotatable bonds is 5. The molecule has 0 aliphatic heterocycles. The van der Waals surface area contributed by atoms with Crippen LogP contribution in [0.3, 0.4) is 0 Å². The Bertz CT molecular complexity index is 1070. The Morgan fingerprint density at radius 3 is 2.46 bits per heavy atom. The van der Waals surface area contributed by atoms with Crippen molar-refractivity contribution in [3.05, 3.63) is 66.2 Å². The molecule has 1 heterocycles. The number of aliphatic hydroxyl groups is 1. The van der Waals surface area contributed by atoms with Gasteiger partial charge in [0.2, 0.25) is 0 Å². The number of fused-ring (bicyclic) bond motifs is 1. The number of sulfone groups is 1. The topological polar surface area (TPSA) is 109 Å². The van der Waals surface area contributed by atoms with Crippen LogP contribution in [0.15, 0.2) is 60.0 Å². The molecule has 0 spiro atoms. The Morgan fingerprint density at radius 2 is 1.88 bits per heavy atom. The van der Waals surface area contributed by atoms with E-state index in [0.717, 1.165) is 0 Å². The quantitative estimate of drug-likeness (QED) is 0.598. The lowest BCUT2D eigenvalue weighted by Crippen LogP contribution is -2.25. The highest BCUT2D eigenvalue weighted by atomic mass is 32.2. The Labute approximate surface area is 152 Å². The van der Waals surface area contributed by atoms with Gasteiger partial charge < -0.3 is 15.8 Å². The van der Waals surface area contributed by atoms with Crippen molar-refractivity contribution in [2.24, 2.45) is 0 Å². The van der Waals surface area contributed by atoms with E-state index in [1.807, 2.05) is 6.07 Å². The van der Waals surface area contributed by atoms with Crippen molar-refractivity contribution in [1.82, 2.24) is 9.97 Å². The third kappa shape index (κ3) is 2.79. The van der Waals surface area contributed by atoms with E-state index in [-0.39, 0.29) is 16.4 Å². The van der Waals surface area contributed by atoms with Gasteiger partial charge in [-0.25, -0.2) is 13.4 Å². The zero-order chi connectivity index (χ0) is 19.1. The lowest BCUT2D eigenvalue weighted by molar-refractivity contribution is 0.135. The number of anilines is 1. The van der Waals surface area contributed by atoms with Crippen LogP contribution in [0.4, 0.5) is 5.95 Å². The Kier molecular flexibility index (Phi) is 4.37. The molecule has 0 bridgehead atoms. The fourth-order valence-corrected chi connectivity index (χ4v) is 4.11. The van der Waals surface area contributed by atoms with Gasteiger partial charge in [-0.3, -0.25) is 0 Å². The molecule has 4 N–H and O–H groups in total. The molecule has 0 amide bonds. The number of nitrogen functional groups attached to an aromatic ring is 1. The van der Waals surface area contributed by atoms with E-state index >= 15 is 0 Å².